The number of carboxylic acids is 1. The fourth-order valence-corrected chi connectivity index (χ4v) is 2.53. The molecule has 0 saturated heterocycles. The second-order valence-electron chi connectivity index (χ2n) is 3.71. The Morgan fingerprint density at radius 2 is 2.00 bits per heavy atom. The van der Waals surface area contributed by atoms with Crippen LogP contribution in [0.4, 0.5) is 0 Å². The van der Waals surface area contributed by atoms with Crippen LogP contribution in [0.5, 0.6) is 17.4 Å². The maximum Gasteiger partial charge on any atom is 0.335 e. The van der Waals surface area contributed by atoms with Crippen molar-refractivity contribution in [3.63, 3.8) is 0 Å². The molecule has 1 aromatic carbocycles. The predicted molar refractivity (Wildman–Crippen MR) is 79.7 cm³/mol. The Labute approximate surface area is 131 Å². The monoisotopic (exact) mass is 401 g/mol. The molecule has 2 rings (SSSR count). The summed E-state index contributed by atoms with van der Waals surface area (Å²) in [6.45, 7) is 0. The molecule has 0 aliphatic rings. The van der Waals surface area contributed by atoms with Crippen LogP contribution in [-0.2, 0) is 0 Å². The summed E-state index contributed by atoms with van der Waals surface area (Å²) in [5.74, 6) is 0.0295. The fourth-order valence-electron chi connectivity index (χ4n) is 1.47. The zero-order valence-corrected chi connectivity index (χ0v) is 13.4. The van der Waals surface area contributed by atoms with Gasteiger partial charge in [-0.15, -0.1) is 0 Å². The van der Waals surface area contributed by atoms with Gasteiger partial charge >= 0.3 is 5.97 Å². The molecule has 0 radical (unpaired) electrons. The summed E-state index contributed by atoms with van der Waals surface area (Å²) in [5.41, 5.74) is 0.122. The number of rotatable bonds is 4. The maximum atomic E-state index is 10.9. The van der Waals surface area contributed by atoms with Gasteiger partial charge < -0.3 is 14.6 Å². The lowest BCUT2D eigenvalue weighted by atomic mass is 10.2. The minimum absolute atomic E-state index is 0.122. The lowest BCUT2D eigenvalue weighted by Crippen LogP contribution is -1.99. The van der Waals surface area contributed by atoms with Crippen molar-refractivity contribution >= 4 is 37.8 Å². The number of aromatic nitrogens is 1. The highest BCUT2D eigenvalue weighted by Gasteiger charge is 2.13. The van der Waals surface area contributed by atoms with Crippen molar-refractivity contribution in [3.05, 3.63) is 45.0 Å². The molecule has 5 nitrogen and oxygen atoms in total. The lowest BCUT2D eigenvalue weighted by molar-refractivity contribution is 0.0696. The number of halogens is 2. The maximum absolute atomic E-state index is 10.9. The zero-order valence-electron chi connectivity index (χ0n) is 10.3. The molecule has 1 aromatic heterocycles. The zero-order chi connectivity index (χ0) is 14.7. The fraction of sp³-hybridized carbons (Fsp3) is 0.0769. The quantitative estimate of drug-likeness (QED) is 0.833. The van der Waals surface area contributed by atoms with Crippen molar-refractivity contribution in [2.24, 2.45) is 0 Å². The molecule has 0 saturated carbocycles. The summed E-state index contributed by atoms with van der Waals surface area (Å²) in [5, 5.41) is 8.94. The molecule has 1 N–H and O–H groups in total. The van der Waals surface area contributed by atoms with Crippen LogP contribution in [0.25, 0.3) is 0 Å². The van der Waals surface area contributed by atoms with Crippen LogP contribution in [0.15, 0.2) is 39.4 Å². The summed E-state index contributed by atoms with van der Waals surface area (Å²) in [6.07, 6.45) is 1.60. The Kier molecular flexibility index (Phi) is 4.61. The number of hydrogen-bond donors (Lipinski definition) is 1. The Balaban J connectivity index is 2.35. The molecular weight excluding hydrogens is 394 g/mol. The van der Waals surface area contributed by atoms with Crippen LogP contribution in [-0.4, -0.2) is 23.2 Å². The number of methoxy groups -OCH3 is 1. The predicted octanol–water partition coefficient (Wildman–Crippen LogP) is 4.11. The first kappa shape index (κ1) is 14.8. The number of carbonyl (C=O) groups is 1. The van der Waals surface area contributed by atoms with E-state index in [1.807, 2.05) is 0 Å². The van der Waals surface area contributed by atoms with Gasteiger partial charge in [-0.1, -0.05) is 0 Å². The van der Waals surface area contributed by atoms with Crippen molar-refractivity contribution in [2.45, 2.75) is 0 Å². The third kappa shape index (κ3) is 3.29. The Hall–Kier alpha value is -1.60. The van der Waals surface area contributed by atoms with Crippen LogP contribution in [0.2, 0.25) is 0 Å². The van der Waals surface area contributed by atoms with E-state index < -0.39 is 5.97 Å². The van der Waals surface area contributed by atoms with E-state index in [2.05, 4.69) is 36.8 Å². The SMILES string of the molecule is COc1cc(C(=O)O)ccc1Oc1ncc(Br)cc1Br. The van der Waals surface area contributed by atoms with Crippen molar-refractivity contribution < 1.29 is 19.4 Å². The van der Waals surface area contributed by atoms with Crippen molar-refractivity contribution in [1.82, 2.24) is 4.98 Å². The molecule has 0 unspecified atom stereocenters. The third-order valence-corrected chi connectivity index (χ3v) is 3.39. The number of ether oxygens (including phenoxy) is 2. The molecule has 0 spiro atoms. The van der Waals surface area contributed by atoms with Crippen LogP contribution >= 0.6 is 31.9 Å². The molecule has 0 amide bonds. The van der Waals surface area contributed by atoms with E-state index in [0.29, 0.717) is 21.9 Å². The van der Waals surface area contributed by atoms with Crippen molar-refractivity contribution in [3.8, 4) is 17.4 Å². The van der Waals surface area contributed by atoms with E-state index >= 15 is 0 Å². The number of pyridine rings is 1. The number of hydrogen-bond acceptors (Lipinski definition) is 4. The Bertz CT molecular complexity index is 661. The number of benzene rings is 1. The topological polar surface area (TPSA) is 68.7 Å². The summed E-state index contributed by atoms with van der Waals surface area (Å²) in [6, 6.07) is 6.15. The molecule has 0 aliphatic heterocycles. The van der Waals surface area contributed by atoms with Crippen molar-refractivity contribution in [1.29, 1.82) is 0 Å². The molecule has 0 aliphatic carbocycles. The third-order valence-electron chi connectivity index (χ3n) is 2.39. The second-order valence-corrected chi connectivity index (χ2v) is 5.48. The first-order chi connectivity index (χ1) is 9.51. The van der Waals surface area contributed by atoms with Gasteiger partial charge in [0.1, 0.15) is 0 Å². The number of carboxylic acid groups (broad SMARTS) is 1. The summed E-state index contributed by atoms with van der Waals surface area (Å²) in [4.78, 5) is 15.0. The van der Waals surface area contributed by atoms with E-state index in [4.69, 9.17) is 14.6 Å². The molecule has 1 heterocycles. The molecule has 104 valence electrons. The van der Waals surface area contributed by atoms with Crippen LogP contribution in [0.3, 0.4) is 0 Å². The smallest absolute Gasteiger partial charge is 0.335 e. The van der Waals surface area contributed by atoms with Gasteiger partial charge in [0.25, 0.3) is 0 Å². The Morgan fingerprint density at radius 3 is 2.60 bits per heavy atom. The summed E-state index contributed by atoms with van der Waals surface area (Å²) >= 11 is 6.63. The van der Waals surface area contributed by atoms with Gasteiger partial charge in [0.15, 0.2) is 11.5 Å². The summed E-state index contributed by atoms with van der Waals surface area (Å²) in [7, 11) is 1.44. The molecule has 0 bridgehead atoms. The summed E-state index contributed by atoms with van der Waals surface area (Å²) < 4.78 is 12.2. The minimum atomic E-state index is -1.03. The first-order valence-electron chi connectivity index (χ1n) is 5.41. The first-order valence-corrected chi connectivity index (χ1v) is 7.00. The highest BCUT2D eigenvalue weighted by Crippen LogP contribution is 2.35. The number of nitrogens with zero attached hydrogens (tertiary/aromatic N) is 1. The van der Waals surface area contributed by atoms with Crippen LogP contribution < -0.4 is 9.47 Å². The molecule has 7 heteroatoms. The molecule has 20 heavy (non-hydrogen) atoms. The average molecular weight is 403 g/mol. The van der Waals surface area contributed by atoms with E-state index in [1.54, 1.807) is 12.3 Å². The molecule has 2 aromatic rings. The Morgan fingerprint density at radius 1 is 1.25 bits per heavy atom. The van der Waals surface area contributed by atoms with Gasteiger partial charge in [0.05, 0.1) is 17.1 Å². The molecule has 0 fully saturated rings. The second kappa shape index (κ2) is 6.23. The molecular formula is C13H9Br2NO4. The van der Waals surface area contributed by atoms with Crippen molar-refractivity contribution in [2.75, 3.05) is 7.11 Å². The minimum Gasteiger partial charge on any atom is -0.493 e. The standard InChI is InChI=1S/C13H9Br2NO4/c1-19-11-4-7(13(17)18)2-3-10(11)20-12-9(15)5-8(14)6-16-12/h2-6H,1H3,(H,17,18). The van der Waals surface area contributed by atoms with Crippen LogP contribution in [0.1, 0.15) is 10.4 Å². The highest BCUT2D eigenvalue weighted by molar-refractivity contribution is 9.11. The average Bonchev–Trinajstić information content (AvgIpc) is 2.42. The normalized spacial score (nSPS) is 10.2. The largest absolute Gasteiger partial charge is 0.493 e. The van der Waals surface area contributed by atoms with E-state index in [-0.39, 0.29) is 5.56 Å². The van der Waals surface area contributed by atoms with Gasteiger partial charge in [0, 0.05) is 10.7 Å². The number of aromatic carboxylic acids is 1. The molecule has 0 atom stereocenters. The van der Waals surface area contributed by atoms with Gasteiger partial charge in [-0.05, 0) is 56.1 Å². The lowest BCUT2D eigenvalue weighted by Gasteiger charge is -2.11. The van der Waals surface area contributed by atoms with E-state index in [0.717, 1.165) is 4.47 Å². The van der Waals surface area contributed by atoms with Gasteiger partial charge in [0.2, 0.25) is 5.88 Å². The van der Waals surface area contributed by atoms with E-state index in [9.17, 15) is 4.79 Å². The van der Waals surface area contributed by atoms with Gasteiger partial charge in [-0.2, -0.15) is 0 Å². The van der Waals surface area contributed by atoms with Gasteiger partial charge in [-0.3, -0.25) is 0 Å². The van der Waals surface area contributed by atoms with Gasteiger partial charge in [-0.25, -0.2) is 9.78 Å². The van der Waals surface area contributed by atoms with Crippen LogP contribution in [0, 0.1) is 0 Å². The van der Waals surface area contributed by atoms with E-state index in [1.165, 1.54) is 25.3 Å². The highest BCUT2D eigenvalue weighted by atomic mass is 79.9.